The number of halogens is 3. The summed E-state index contributed by atoms with van der Waals surface area (Å²) in [6, 6.07) is 23.3. The lowest BCUT2D eigenvalue weighted by Gasteiger charge is -2.23. The monoisotopic (exact) mass is 689 g/mol. The number of nitrogens with one attached hydrogen (secondary N) is 1. The summed E-state index contributed by atoms with van der Waals surface area (Å²) >= 11 is 15.7. The van der Waals surface area contributed by atoms with Crippen LogP contribution in [-0.4, -0.2) is 34.2 Å². The van der Waals surface area contributed by atoms with Crippen molar-refractivity contribution in [2.24, 2.45) is 5.10 Å². The Morgan fingerprint density at radius 1 is 1.02 bits per heavy atom. The minimum absolute atomic E-state index is 0.0689. The lowest BCUT2D eigenvalue weighted by molar-refractivity contribution is -0.119. The molecule has 0 aliphatic rings. The number of anilines is 1. The van der Waals surface area contributed by atoms with E-state index in [0.717, 1.165) is 15.4 Å². The van der Waals surface area contributed by atoms with Crippen LogP contribution in [0.15, 0.2) is 99.4 Å². The fourth-order valence-corrected chi connectivity index (χ4v) is 6.31. The maximum atomic E-state index is 13.4. The molecule has 4 rings (SSSR count). The van der Waals surface area contributed by atoms with E-state index >= 15 is 0 Å². The van der Waals surface area contributed by atoms with Crippen LogP contribution >= 0.6 is 39.1 Å². The molecular weight excluding hydrogens is 665 g/mol. The minimum atomic E-state index is -4.02. The lowest BCUT2D eigenvalue weighted by atomic mass is 10.2. The summed E-state index contributed by atoms with van der Waals surface area (Å²) in [5.41, 5.74) is 5.05. The van der Waals surface area contributed by atoms with Crippen molar-refractivity contribution in [3.8, 4) is 11.5 Å². The van der Waals surface area contributed by atoms with Crippen LogP contribution in [0.4, 0.5) is 5.69 Å². The normalized spacial score (nSPS) is 11.4. The first-order chi connectivity index (χ1) is 20.1. The van der Waals surface area contributed by atoms with E-state index in [1.807, 2.05) is 6.92 Å². The number of carbonyl (C=O) groups excluding carboxylic acids is 1. The summed E-state index contributed by atoms with van der Waals surface area (Å²) in [6.07, 6.45) is 1.41. The predicted molar refractivity (Wildman–Crippen MR) is 169 cm³/mol. The molecule has 1 amide bonds. The van der Waals surface area contributed by atoms with E-state index in [1.54, 1.807) is 72.8 Å². The summed E-state index contributed by atoms with van der Waals surface area (Å²) in [5.74, 6) is 0.239. The Bertz CT molecular complexity index is 1700. The molecule has 1 N–H and O–H groups in total. The van der Waals surface area contributed by atoms with Crippen LogP contribution in [0.25, 0.3) is 0 Å². The van der Waals surface area contributed by atoms with Gasteiger partial charge in [-0.1, -0.05) is 65.2 Å². The Hall–Kier alpha value is -3.57. The van der Waals surface area contributed by atoms with Gasteiger partial charge < -0.3 is 9.47 Å². The third kappa shape index (κ3) is 7.83. The zero-order valence-corrected chi connectivity index (χ0v) is 26.5. The van der Waals surface area contributed by atoms with E-state index in [9.17, 15) is 13.2 Å². The highest BCUT2D eigenvalue weighted by Crippen LogP contribution is 2.37. The molecule has 0 heterocycles. The third-order valence-electron chi connectivity index (χ3n) is 5.98. The van der Waals surface area contributed by atoms with Crippen molar-refractivity contribution in [3.05, 3.63) is 116 Å². The molecule has 0 unspecified atom stereocenters. The first-order valence-electron chi connectivity index (χ1n) is 12.5. The molecule has 0 bridgehead atoms. The zero-order valence-electron chi connectivity index (χ0n) is 22.6. The maximum absolute atomic E-state index is 13.4. The Kier molecular flexibility index (Phi) is 10.5. The van der Waals surface area contributed by atoms with Gasteiger partial charge in [0.15, 0.2) is 11.5 Å². The van der Waals surface area contributed by atoms with Crippen molar-refractivity contribution in [1.82, 2.24) is 5.43 Å². The molecule has 0 aliphatic heterocycles. The van der Waals surface area contributed by atoms with Gasteiger partial charge in [-0.25, -0.2) is 13.8 Å². The van der Waals surface area contributed by atoms with Crippen LogP contribution in [0.1, 0.15) is 16.7 Å². The van der Waals surface area contributed by atoms with Gasteiger partial charge in [0, 0.05) is 15.6 Å². The van der Waals surface area contributed by atoms with Crippen LogP contribution in [-0.2, 0) is 21.4 Å². The Morgan fingerprint density at radius 3 is 2.40 bits per heavy atom. The van der Waals surface area contributed by atoms with Crippen molar-refractivity contribution >= 4 is 67.0 Å². The largest absolute Gasteiger partial charge is 0.493 e. The number of rotatable bonds is 11. The van der Waals surface area contributed by atoms with Crippen molar-refractivity contribution in [2.75, 3.05) is 18.0 Å². The lowest BCUT2D eigenvalue weighted by Crippen LogP contribution is -2.39. The number of hydrogen-bond acceptors (Lipinski definition) is 6. The van der Waals surface area contributed by atoms with Gasteiger partial charge in [-0.05, 0) is 76.9 Å². The van der Waals surface area contributed by atoms with Crippen LogP contribution < -0.4 is 19.2 Å². The summed E-state index contributed by atoms with van der Waals surface area (Å²) in [5, 5.41) is 5.03. The quantitative estimate of drug-likeness (QED) is 0.135. The van der Waals surface area contributed by atoms with Crippen LogP contribution in [0.3, 0.4) is 0 Å². The summed E-state index contributed by atoms with van der Waals surface area (Å²) in [4.78, 5) is 12.9. The van der Waals surface area contributed by atoms with Crippen molar-refractivity contribution < 1.29 is 22.7 Å². The average molecular weight is 691 g/mol. The highest BCUT2D eigenvalue weighted by Gasteiger charge is 2.27. The minimum Gasteiger partial charge on any atom is -0.493 e. The Morgan fingerprint density at radius 2 is 1.74 bits per heavy atom. The number of methoxy groups -OCH3 is 1. The fraction of sp³-hybridized carbons (Fsp3) is 0.133. The van der Waals surface area contributed by atoms with E-state index in [0.29, 0.717) is 37.3 Å². The van der Waals surface area contributed by atoms with Crippen molar-refractivity contribution in [3.63, 3.8) is 0 Å². The molecule has 0 atom stereocenters. The van der Waals surface area contributed by atoms with E-state index < -0.39 is 22.5 Å². The molecule has 0 radical (unpaired) electrons. The van der Waals surface area contributed by atoms with E-state index in [2.05, 4.69) is 26.5 Å². The Labute approximate surface area is 263 Å². The van der Waals surface area contributed by atoms with E-state index in [4.69, 9.17) is 32.7 Å². The second-order valence-electron chi connectivity index (χ2n) is 9.01. The summed E-state index contributed by atoms with van der Waals surface area (Å²) in [6.45, 7) is 1.59. The molecule has 218 valence electrons. The number of carbonyl (C=O) groups is 1. The molecule has 0 spiro atoms. The molecule has 0 aromatic heterocycles. The van der Waals surface area contributed by atoms with E-state index in [1.165, 1.54) is 25.5 Å². The second-order valence-corrected chi connectivity index (χ2v) is 12.6. The predicted octanol–water partition coefficient (Wildman–Crippen LogP) is 7.00. The Balaban J connectivity index is 1.48. The van der Waals surface area contributed by atoms with Gasteiger partial charge >= 0.3 is 0 Å². The highest BCUT2D eigenvalue weighted by molar-refractivity contribution is 9.10. The van der Waals surface area contributed by atoms with Gasteiger partial charge in [0.25, 0.3) is 15.9 Å². The first-order valence-corrected chi connectivity index (χ1v) is 15.5. The molecule has 0 fully saturated rings. The number of hydrogen-bond donors (Lipinski definition) is 1. The van der Waals surface area contributed by atoms with Crippen LogP contribution in [0.2, 0.25) is 10.0 Å². The van der Waals surface area contributed by atoms with Gasteiger partial charge in [-0.2, -0.15) is 5.10 Å². The summed E-state index contributed by atoms with van der Waals surface area (Å²) < 4.78 is 39.9. The topological polar surface area (TPSA) is 97.3 Å². The number of hydrazone groups is 1. The van der Waals surface area contributed by atoms with Crippen molar-refractivity contribution in [2.45, 2.75) is 18.4 Å². The average Bonchev–Trinajstić information content (AvgIpc) is 2.97. The van der Waals surface area contributed by atoms with Gasteiger partial charge in [-0.15, -0.1) is 0 Å². The standard InChI is InChI=1S/C30H26BrCl2N3O5S/c1-20-8-12-24(13-9-20)36(42(38,39)25-6-4-3-5-7-25)18-29(37)35-34-17-21-14-26(31)30(28(15-21)40-2)41-19-22-10-11-23(32)16-27(22)33/h3-17H,18-19H2,1-2H3,(H,35,37)/b34-17-. The number of nitrogens with zero attached hydrogens (tertiary/aromatic N) is 2. The molecule has 8 nitrogen and oxygen atoms in total. The summed E-state index contributed by atoms with van der Waals surface area (Å²) in [7, 11) is -2.52. The first kappa shape index (κ1) is 31.4. The molecule has 42 heavy (non-hydrogen) atoms. The van der Waals surface area contributed by atoms with Crippen molar-refractivity contribution in [1.29, 1.82) is 0 Å². The molecular formula is C30H26BrCl2N3O5S. The number of aryl methyl sites for hydroxylation is 1. The van der Waals surface area contributed by atoms with E-state index in [-0.39, 0.29) is 11.5 Å². The maximum Gasteiger partial charge on any atom is 0.264 e. The van der Waals surface area contributed by atoms with Crippen LogP contribution in [0.5, 0.6) is 11.5 Å². The number of benzene rings is 4. The van der Waals surface area contributed by atoms with Gasteiger partial charge in [0.2, 0.25) is 0 Å². The zero-order chi connectivity index (χ0) is 30.3. The SMILES string of the molecule is COc1cc(/C=N\NC(=O)CN(c2ccc(C)cc2)S(=O)(=O)c2ccccc2)cc(Br)c1OCc1ccc(Cl)cc1Cl. The van der Waals surface area contributed by atoms with Crippen LogP contribution in [0, 0.1) is 6.92 Å². The number of ether oxygens (including phenoxy) is 2. The highest BCUT2D eigenvalue weighted by atomic mass is 79.9. The van der Waals surface area contributed by atoms with Gasteiger partial charge in [-0.3, -0.25) is 9.10 Å². The fourth-order valence-electron chi connectivity index (χ4n) is 3.83. The second kappa shape index (κ2) is 14.1. The van der Waals surface area contributed by atoms with Gasteiger partial charge in [0.05, 0.1) is 28.4 Å². The molecule has 0 saturated heterocycles. The number of amides is 1. The molecule has 4 aromatic rings. The molecule has 12 heteroatoms. The third-order valence-corrected chi connectivity index (χ3v) is 8.95. The number of sulfonamides is 1. The molecule has 0 aliphatic carbocycles. The molecule has 4 aromatic carbocycles. The smallest absolute Gasteiger partial charge is 0.264 e. The molecule has 0 saturated carbocycles. The van der Waals surface area contributed by atoms with Gasteiger partial charge in [0.1, 0.15) is 13.2 Å².